The molecule has 1 heterocycles. The molecule has 0 aliphatic carbocycles. The van der Waals surface area contributed by atoms with Crippen LogP contribution in [-0.4, -0.2) is 38.1 Å². The minimum Gasteiger partial charge on any atom is -0.378 e. The summed E-state index contributed by atoms with van der Waals surface area (Å²) in [5.41, 5.74) is 3.17. The predicted octanol–water partition coefficient (Wildman–Crippen LogP) is 2.66. The van der Waals surface area contributed by atoms with E-state index < -0.39 is 11.8 Å². The number of amides is 2. The van der Waals surface area contributed by atoms with E-state index in [9.17, 15) is 9.59 Å². The van der Waals surface area contributed by atoms with Crippen molar-refractivity contribution in [3.05, 3.63) is 54.1 Å². The highest BCUT2D eigenvalue weighted by molar-refractivity contribution is 6.44. The molecule has 6 heteroatoms. The average Bonchev–Trinajstić information content (AvgIpc) is 2.69. The number of rotatable bonds is 4. The standard InChI is InChI=1S/C20H23N3O3/c1-2-15-7-3-4-8-16(15)21-19(24)20(25)22-17-9-5-6-10-18(17)23-11-13-26-14-12-23/h3-10H,2,11-14H2,1H3,(H,21,24)(H,22,25). The van der Waals surface area contributed by atoms with Crippen LogP contribution in [0.15, 0.2) is 48.5 Å². The summed E-state index contributed by atoms with van der Waals surface area (Å²) in [7, 11) is 0. The molecule has 1 aliphatic rings. The molecule has 1 aliphatic heterocycles. The van der Waals surface area contributed by atoms with E-state index in [1.807, 2.05) is 43.3 Å². The number of nitrogens with zero attached hydrogens (tertiary/aromatic N) is 1. The van der Waals surface area contributed by atoms with E-state index in [1.54, 1.807) is 12.1 Å². The van der Waals surface area contributed by atoms with Crippen molar-refractivity contribution >= 4 is 28.9 Å². The van der Waals surface area contributed by atoms with Gasteiger partial charge in [-0.05, 0) is 30.2 Å². The van der Waals surface area contributed by atoms with Crippen LogP contribution in [-0.2, 0) is 20.7 Å². The zero-order valence-electron chi connectivity index (χ0n) is 14.8. The molecule has 6 nitrogen and oxygen atoms in total. The first kappa shape index (κ1) is 17.9. The molecule has 2 N–H and O–H groups in total. The fraction of sp³-hybridized carbons (Fsp3) is 0.300. The largest absolute Gasteiger partial charge is 0.378 e. The molecule has 0 spiro atoms. The van der Waals surface area contributed by atoms with Crippen LogP contribution in [0.4, 0.5) is 17.1 Å². The molecule has 2 aromatic rings. The van der Waals surface area contributed by atoms with E-state index in [0.717, 1.165) is 30.8 Å². The lowest BCUT2D eigenvalue weighted by atomic mass is 10.1. The normalized spacial score (nSPS) is 14.0. The van der Waals surface area contributed by atoms with E-state index in [1.165, 1.54) is 0 Å². The minimum atomic E-state index is -0.684. The summed E-state index contributed by atoms with van der Waals surface area (Å²) in [5.74, 6) is -1.36. The molecular weight excluding hydrogens is 330 g/mol. The number of hydrogen-bond acceptors (Lipinski definition) is 4. The van der Waals surface area contributed by atoms with Gasteiger partial charge in [0.1, 0.15) is 0 Å². The van der Waals surface area contributed by atoms with Crippen LogP contribution in [0.5, 0.6) is 0 Å². The van der Waals surface area contributed by atoms with Crippen molar-refractivity contribution in [1.29, 1.82) is 0 Å². The van der Waals surface area contributed by atoms with E-state index in [0.29, 0.717) is 24.6 Å². The maximum atomic E-state index is 12.4. The predicted molar refractivity (Wildman–Crippen MR) is 103 cm³/mol. The summed E-state index contributed by atoms with van der Waals surface area (Å²) >= 11 is 0. The van der Waals surface area contributed by atoms with Crippen molar-refractivity contribution in [2.45, 2.75) is 13.3 Å². The lowest BCUT2D eigenvalue weighted by molar-refractivity contribution is -0.133. The van der Waals surface area contributed by atoms with Crippen LogP contribution >= 0.6 is 0 Å². The van der Waals surface area contributed by atoms with Gasteiger partial charge < -0.3 is 20.3 Å². The smallest absolute Gasteiger partial charge is 0.314 e. The molecule has 0 saturated carbocycles. The number of carbonyl (C=O) groups excluding carboxylic acids is 2. The quantitative estimate of drug-likeness (QED) is 0.829. The lowest BCUT2D eigenvalue weighted by Crippen LogP contribution is -2.37. The fourth-order valence-electron chi connectivity index (χ4n) is 2.97. The van der Waals surface area contributed by atoms with Gasteiger partial charge in [0.2, 0.25) is 0 Å². The molecule has 2 amide bonds. The Hall–Kier alpha value is -2.86. The van der Waals surface area contributed by atoms with Crippen molar-refractivity contribution < 1.29 is 14.3 Å². The van der Waals surface area contributed by atoms with Crippen LogP contribution in [0, 0.1) is 0 Å². The molecule has 1 fully saturated rings. The zero-order valence-corrected chi connectivity index (χ0v) is 14.8. The van der Waals surface area contributed by atoms with E-state index in [2.05, 4.69) is 15.5 Å². The molecule has 0 aromatic heterocycles. The zero-order chi connectivity index (χ0) is 18.4. The Morgan fingerprint density at radius 2 is 1.50 bits per heavy atom. The van der Waals surface area contributed by atoms with Crippen molar-refractivity contribution in [1.82, 2.24) is 0 Å². The Kier molecular flexibility index (Phi) is 5.86. The van der Waals surface area contributed by atoms with Crippen LogP contribution < -0.4 is 15.5 Å². The Bertz CT molecular complexity index is 785. The van der Waals surface area contributed by atoms with Gasteiger partial charge in [-0.1, -0.05) is 37.3 Å². The summed E-state index contributed by atoms with van der Waals surface area (Å²) in [4.78, 5) is 26.8. The van der Waals surface area contributed by atoms with Gasteiger partial charge in [-0.2, -0.15) is 0 Å². The van der Waals surface area contributed by atoms with Gasteiger partial charge in [0, 0.05) is 18.8 Å². The topological polar surface area (TPSA) is 70.7 Å². The molecule has 1 saturated heterocycles. The molecular formula is C20H23N3O3. The monoisotopic (exact) mass is 353 g/mol. The number of anilines is 3. The van der Waals surface area contributed by atoms with Gasteiger partial charge in [0.05, 0.1) is 24.6 Å². The van der Waals surface area contributed by atoms with Crippen molar-refractivity contribution in [2.24, 2.45) is 0 Å². The minimum absolute atomic E-state index is 0.623. The number of nitrogens with one attached hydrogen (secondary N) is 2. The van der Waals surface area contributed by atoms with Crippen molar-refractivity contribution in [3.63, 3.8) is 0 Å². The van der Waals surface area contributed by atoms with Crippen LogP contribution in [0.2, 0.25) is 0 Å². The van der Waals surface area contributed by atoms with Crippen molar-refractivity contribution in [3.8, 4) is 0 Å². The third kappa shape index (κ3) is 4.21. The Balaban J connectivity index is 1.70. The summed E-state index contributed by atoms with van der Waals surface area (Å²) < 4.78 is 5.38. The number of morpholine rings is 1. The SMILES string of the molecule is CCc1ccccc1NC(=O)C(=O)Nc1ccccc1N1CCOCC1. The van der Waals surface area contributed by atoms with Gasteiger partial charge in [-0.3, -0.25) is 9.59 Å². The summed E-state index contributed by atoms with van der Waals surface area (Å²) in [5, 5.41) is 5.43. The highest BCUT2D eigenvalue weighted by Gasteiger charge is 2.19. The molecule has 3 rings (SSSR count). The van der Waals surface area contributed by atoms with Crippen molar-refractivity contribution in [2.75, 3.05) is 41.8 Å². The first-order chi connectivity index (χ1) is 12.7. The second-order valence-electron chi connectivity index (χ2n) is 6.04. The number of aryl methyl sites for hydroxylation is 1. The molecule has 2 aromatic carbocycles. The summed E-state index contributed by atoms with van der Waals surface area (Å²) in [6.07, 6.45) is 0.776. The molecule has 136 valence electrons. The molecule has 0 radical (unpaired) electrons. The highest BCUT2D eigenvalue weighted by atomic mass is 16.5. The fourth-order valence-corrected chi connectivity index (χ4v) is 2.97. The Labute approximate surface area is 153 Å². The number of ether oxygens (including phenoxy) is 1. The third-order valence-corrected chi connectivity index (χ3v) is 4.36. The number of para-hydroxylation sites is 3. The van der Waals surface area contributed by atoms with E-state index >= 15 is 0 Å². The van der Waals surface area contributed by atoms with Gasteiger partial charge in [-0.15, -0.1) is 0 Å². The summed E-state index contributed by atoms with van der Waals surface area (Å²) in [6.45, 7) is 4.81. The maximum absolute atomic E-state index is 12.4. The van der Waals surface area contributed by atoms with Crippen LogP contribution in [0.3, 0.4) is 0 Å². The number of benzene rings is 2. The molecule has 0 unspecified atom stereocenters. The Morgan fingerprint density at radius 1 is 0.923 bits per heavy atom. The molecule has 0 bridgehead atoms. The number of hydrogen-bond donors (Lipinski definition) is 2. The lowest BCUT2D eigenvalue weighted by Gasteiger charge is -2.30. The average molecular weight is 353 g/mol. The van der Waals surface area contributed by atoms with Gasteiger partial charge in [0.15, 0.2) is 0 Å². The Morgan fingerprint density at radius 3 is 2.19 bits per heavy atom. The third-order valence-electron chi connectivity index (χ3n) is 4.36. The van der Waals surface area contributed by atoms with E-state index in [4.69, 9.17) is 4.74 Å². The van der Waals surface area contributed by atoms with Gasteiger partial charge in [-0.25, -0.2) is 0 Å². The second-order valence-corrected chi connectivity index (χ2v) is 6.04. The number of carbonyl (C=O) groups is 2. The summed E-state index contributed by atoms with van der Waals surface area (Å²) in [6, 6.07) is 15.0. The first-order valence-corrected chi connectivity index (χ1v) is 8.81. The highest BCUT2D eigenvalue weighted by Crippen LogP contribution is 2.26. The molecule has 26 heavy (non-hydrogen) atoms. The van der Waals surface area contributed by atoms with Gasteiger partial charge >= 0.3 is 11.8 Å². The van der Waals surface area contributed by atoms with Gasteiger partial charge in [0.25, 0.3) is 0 Å². The molecule has 0 atom stereocenters. The van der Waals surface area contributed by atoms with Crippen LogP contribution in [0.1, 0.15) is 12.5 Å². The second kappa shape index (κ2) is 8.49. The maximum Gasteiger partial charge on any atom is 0.314 e. The van der Waals surface area contributed by atoms with Crippen LogP contribution in [0.25, 0.3) is 0 Å². The van der Waals surface area contributed by atoms with E-state index in [-0.39, 0.29) is 0 Å². The first-order valence-electron chi connectivity index (χ1n) is 8.81.